The fraction of sp³-hybridized carbons (Fsp3) is 0.417. The Bertz CT molecular complexity index is 461. The summed E-state index contributed by atoms with van der Waals surface area (Å²) in [5.41, 5.74) is -0.754. The molecule has 98 valence electrons. The van der Waals surface area contributed by atoms with Gasteiger partial charge in [0.1, 0.15) is 5.54 Å². The number of hydrogen-bond donors (Lipinski definition) is 2. The third-order valence-corrected chi connectivity index (χ3v) is 2.70. The predicted octanol–water partition coefficient (Wildman–Crippen LogP) is 2.65. The van der Waals surface area contributed by atoms with Crippen LogP contribution in [-0.2, 0) is 4.79 Å². The molecule has 1 unspecified atom stereocenters. The quantitative estimate of drug-likeness (QED) is 0.599. The summed E-state index contributed by atoms with van der Waals surface area (Å²) >= 11 is 0. The molecular formula is C12H16N2O4. The standard InChI is InChI=1S/C12H16N2O4/c1-3-7-12(2,11(15)16)13-9-5-4-6-10(8-9)14(17)18/h4-6,8,13H,3,7H2,1-2H3,(H,15,16). The molecule has 6 heteroatoms. The van der Waals surface area contributed by atoms with Crippen LogP contribution in [0.15, 0.2) is 24.3 Å². The summed E-state index contributed by atoms with van der Waals surface area (Å²) in [5, 5.41) is 22.7. The van der Waals surface area contributed by atoms with Crippen molar-refractivity contribution in [1.29, 1.82) is 0 Å². The van der Waals surface area contributed by atoms with Crippen molar-refractivity contribution >= 4 is 17.3 Å². The average molecular weight is 252 g/mol. The summed E-state index contributed by atoms with van der Waals surface area (Å²) in [4.78, 5) is 21.4. The summed E-state index contributed by atoms with van der Waals surface area (Å²) in [6, 6.07) is 5.83. The molecular weight excluding hydrogens is 236 g/mol. The second kappa shape index (κ2) is 5.48. The van der Waals surface area contributed by atoms with Gasteiger partial charge >= 0.3 is 5.97 Å². The number of rotatable bonds is 6. The summed E-state index contributed by atoms with van der Waals surface area (Å²) in [6.45, 7) is 3.45. The topological polar surface area (TPSA) is 92.5 Å². The molecule has 1 rings (SSSR count). The Labute approximate surface area is 105 Å². The average Bonchev–Trinajstić information content (AvgIpc) is 2.29. The molecule has 0 bridgehead atoms. The lowest BCUT2D eigenvalue weighted by Gasteiger charge is -2.26. The van der Waals surface area contributed by atoms with Crippen molar-refractivity contribution < 1.29 is 14.8 Å². The number of benzene rings is 1. The van der Waals surface area contributed by atoms with E-state index >= 15 is 0 Å². The van der Waals surface area contributed by atoms with Crippen LogP contribution in [0.4, 0.5) is 11.4 Å². The Kier molecular flexibility index (Phi) is 4.25. The number of carboxylic acids is 1. The second-order valence-electron chi connectivity index (χ2n) is 4.32. The van der Waals surface area contributed by atoms with Gasteiger partial charge in [-0.1, -0.05) is 19.4 Å². The maximum absolute atomic E-state index is 11.2. The van der Waals surface area contributed by atoms with E-state index in [4.69, 9.17) is 0 Å². The number of hydrogen-bond acceptors (Lipinski definition) is 4. The smallest absolute Gasteiger partial charge is 0.329 e. The van der Waals surface area contributed by atoms with E-state index in [1.54, 1.807) is 13.0 Å². The second-order valence-corrected chi connectivity index (χ2v) is 4.32. The third-order valence-electron chi connectivity index (χ3n) is 2.70. The molecule has 0 saturated heterocycles. The molecule has 0 aromatic heterocycles. The van der Waals surface area contributed by atoms with Crippen molar-refractivity contribution in [2.75, 3.05) is 5.32 Å². The van der Waals surface area contributed by atoms with Crippen molar-refractivity contribution in [3.63, 3.8) is 0 Å². The number of carbonyl (C=O) groups is 1. The molecule has 0 fully saturated rings. The van der Waals surface area contributed by atoms with Gasteiger partial charge in [0, 0.05) is 17.8 Å². The number of aliphatic carboxylic acids is 1. The first kappa shape index (κ1) is 14.0. The number of non-ortho nitro benzene ring substituents is 1. The van der Waals surface area contributed by atoms with E-state index < -0.39 is 16.4 Å². The van der Waals surface area contributed by atoms with E-state index in [9.17, 15) is 20.0 Å². The molecule has 0 aliphatic rings. The first-order valence-electron chi connectivity index (χ1n) is 5.65. The van der Waals surface area contributed by atoms with E-state index in [-0.39, 0.29) is 5.69 Å². The van der Waals surface area contributed by atoms with E-state index in [1.807, 2.05) is 6.92 Å². The lowest BCUT2D eigenvalue weighted by atomic mass is 9.96. The largest absolute Gasteiger partial charge is 0.480 e. The zero-order chi connectivity index (χ0) is 13.8. The maximum Gasteiger partial charge on any atom is 0.329 e. The number of nitrogens with one attached hydrogen (secondary N) is 1. The lowest BCUT2D eigenvalue weighted by Crippen LogP contribution is -2.43. The fourth-order valence-corrected chi connectivity index (χ4v) is 1.74. The molecule has 2 N–H and O–H groups in total. The van der Waals surface area contributed by atoms with Gasteiger partial charge in [0.25, 0.3) is 5.69 Å². The van der Waals surface area contributed by atoms with Crippen LogP contribution in [0.25, 0.3) is 0 Å². The molecule has 0 aliphatic heterocycles. The van der Waals surface area contributed by atoms with Gasteiger partial charge in [-0.05, 0) is 19.4 Å². The van der Waals surface area contributed by atoms with Crippen LogP contribution in [0.5, 0.6) is 0 Å². The summed E-state index contributed by atoms with van der Waals surface area (Å²) < 4.78 is 0. The molecule has 0 aliphatic carbocycles. The van der Waals surface area contributed by atoms with Crippen LogP contribution in [0.3, 0.4) is 0 Å². The van der Waals surface area contributed by atoms with Crippen LogP contribution in [0.2, 0.25) is 0 Å². The minimum absolute atomic E-state index is 0.0655. The molecule has 18 heavy (non-hydrogen) atoms. The number of nitro benzene ring substituents is 1. The Morgan fingerprint density at radius 1 is 1.56 bits per heavy atom. The molecule has 0 heterocycles. The van der Waals surface area contributed by atoms with Gasteiger partial charge in [-0.3, -0.25) is 10.1 Å². The molecule has 6 nitrogen and oxygen atoms in total. The fourth-order valence-electron chi connectivity index (χ4n) is 1.74. The normalized spacial score (nSPS) is 13.7. The maximum atomic E-state index is 11.2. The van der Waals surface area contributed by atoms with Crippen LogP contribution in [-0.4, -0.2) is 21.5 Å². The highest BCUT2D eigenvalue weighted by Gasteiger charge is 2.32. The zero-order valence-electron chi connectivity index (χ0n) is 10.3. The van der Waals surface area contributed by atoms with Gasteiger partial charge in [0.05, 0.1) is 4.92 Å². The van der Waals surface area contributed by atoms with Crippen LogP contribution < -0.4 is 5.32 Å². The molecule has 0 radical (unpaired) electrons. The van der Waals surface area contributed by atoms with E-state index in [0.29, 0.717) is 18.5 Å². The zero-order valence-corrected chi connectivity index (χ0v) is 10.3. The summed E-state index contributed by atoms with van der Waals surface area (Å²) in [5.74, 6) is -0.976. The van der Waals surface area contributed by atoms with Gasteiger partial charge in [-0.2, -0.15) is 0 Å². The first-order valence-corrected chi connectivity index (χ1v) is 5.65. The number of nitro groups is 1. The summed E-state index contributed by atoms with van der Waals surface area (Å²) in [6.07, 6.45) is 1.13. The Morgan fingerprint density at radius 2 is 2.22 bits per heavy atom. The lowest BCUT2D eigenvalue weighted by molar-refractivity contribution is -0.384. The van der Waals surface area contributed by atoms with Gasteiger partial charge in [-0.25, -0.2) is 4.79 Å². The minimum Gasteiger partial charge on any atom is -0.480 e. The van der Waals surface area contributed by atoms with Crippen LogP contribution >= 0.6 is 0 Å². The summed E-state index contributed by atoms with van der Waals surface area (Å²) in [7, 11) is 0. The molecule has 0 saturated carbocycles. The predicted molar refractivity (Wildman–Crippen MR) is 67.7 cm³/mol. The van der Waals surface area contributed by atoms with Gasteiger partial charge < -0.3 is 10.4 Å². The number of nitrogens with zero attached hydrogens (tertiary/aromatic N) is 1. The Balaban J connectivity index is 2.97. The van der Waals surface area contributed by atoms with Crippen LogP contribution in [0, 0.1) is 10.1 Å². The molecule has 1 atom stereocenters. The van der Waals surface area contributed by atoms with Crippen molar-refractivity contribution in [1.82, 2.24) is 0 Å². The van der Waals surface area contributed by atoms with E-state index in [2.05, 4.69) is 5.32 Å². The monoisotopic (exact) mass is 252 g/mol. The van der Waals surface area contributed by atoms with Crippen LogP contribution in [0.1, 0.15) is 26.7 Å². The molecule has 0 spiro atoms. The van der Waals surface area contributed by atoms with Gasteiger partial charge in [0.2, 0.25) is 0 Å². The van der Waals surface area contributed by atoms with E-state index in [1.165, 1.54) is 18.2 Å². The molecule has 0 amide bonds. The number of carboxylic acid groups (broad SMARTS) is 1. The van der Waals surface area contributed by atoms with Crippen molar-refractivity contribution in [3.8, 4) is 0 Å². The Morgan fingerprint density at radius 3 is 2.72 bits per heavy atom. The van der Waals surface area contributed by atoms with Crippen molar-refractivity contribution in [2.24, 2.45) is 0 Å². The minimum atomic E-state index is -1.12. The highest BCUT2D eigenvalue weighted by atomic mass is 16.6. The van der Waals surface area contributed by atoms with Gasteiger partial charge in [-0.15, -0.1) is 0 Å². The molecule has 1 aromatic rings. The Hall–Kier alpha value is -2.11. The highest BCUT2D eigenvalue weighted by molar-refractivity contribution is 5.82. The third kappa shape index (κ3) is 3.19. The SMILES string of the molecule is CCCC(C)(Nc1cccc([N+](=O)[O-])c1)C(=O)O. The number of anilines is 1. The van der Waals surface area contributed by atoms with E-state index in [0.717, 1.165) is 0 Å². The van der Waals surface area contributed by atoms with Crippen molar-refractivity contribution in [3.05, 3.63) is 34.4 Å². The molecule has 1 aromatic carbocycles. The highest BCUT2D eigenvalue weighted by Crippen LogP contribution is 2.23. The van der Waals surface area contributed by atoms with Gasteiger partial charge in [0.15, 0.2) is 0 Å². The first-order chi connectivity index (χ1) is 8.39. The van der Waals surface area contributed by atoms with Crippen molar-refractivity contribution in [2.45, 2.75) is 32.2 Å².